The molecule has 0 spiro atoms. The Bertz CT molecular complexity index is 688. The third-order valence-electron chi connectivity index (χ3n) is 4.17. The van der Waals surface area contributed by atoms with Crippen LogP contribution in [-0.2, 0) is 4.79 Å². The van der Waals surface area contributed by atoms with Gasteiger partial charge >= 0.3 is 0 Å². The second kappa shape index (κ2) is 7.57. The maximum absolute atomic E-state index is 12.7. The van der Waals surface area contributed by atoms with Crippen LogP contribution in [0.4, 0.5) is 0 Å². The third kappa shape index (κ3) is 3.82. The molecule has 1 amide bonds. The van der Waals surface area contributed by atoms with Crippen molar-refractivity contribution >= 4 is 23.0 Å². The molecule has 6 heteroatoms. The third-order valence-corrected chi connectivity index (χ3v) is 5.08. The topological polar surface area (TPSA) is 59.5 Å². The number of thiophene rings is 1. The molecule has 5 nitrogen and oxygen atoms in total. The van der Waals surface area contributed by atoms with Gasteiger partial charge in [0.2, 0.25) is 0 Å². The lowest BCUT2D eigenvalue weighted by atomic mass is 10.1. The molecule has 2 aromatic heterocycles. The molecule has 1 saturated heterocycles. The average Bonchev–Trinajstić information content (AvgIpc) is 3.26. The lowest BCUT2D eigenvalue weighted by Gasteiger charge is -2.27. The standard InChI is InChI=1S/C18H20N2O3S/c1-13(23-15-6-2-8-19-12-15)18(22)20-9-3-5-14(20)11-16(21)17-7-4-10-24-17/h2,4,6-8,10,12-14H,3,5,9,11H2,1H3/t13-,14-/m1/s1. The van der Waals surface area contributed by atoms with E-state index >= 15 is 0 Å². The molecule has 126 valence electrons. The van der Waals surface area contributed by atoms with Crippen molar-refractivity contribution in [3.63, 3.8) is 0 Å². The van der Waals surface area contributed by atoms with Crippen molar-refractivity contribution in [1.29, 1.82) is 0 Å². The van der Waals surface area contributed by atoms with Gasteiger partial charge in [0.05, 0.1) is 11.1 Å². The monoisotopic (exact) mass is 344 g/mol. The highest BCUT2D eigenvalue weighted by molar-refractivity contribution is 7.12. The minimum Gasteiger partial charge on any atom is -0.479 e. The average molecular weight is 344 g/mol. The number of carbonyl (C=O) groups is 2. The van der Waals surface area contributed by atoms with Crippen LogP contribution in [0.25, 0.3) is 0 Å². The first-order chi connectivity index (χ1) is 11.6. The van der Waals surface area contributed by atoms with Gasteiger partial charge in [0.15, 0.2) is 11.9 Å². The van der Waals surface area contributed by atoms with Crippen LogP contribution in [0.15, 0.2) is 42.0 Å². The number of carbonyl (C=O) groups excluding carboxylic acids is 2. The maximum atomic E-state index is 12.7. The van der Waals surface area contributed by atoms with Gasteiger partial charge in [0.25, 0.3) is 5.91 Å². The molecular formula is C18H20N2O3S. The van der Waals surface area contributed by atoms with Gasteiger partial charge in [-0.2, -0.15) is 0 Å². The normalized spacial score (nSPS) is 18.4. The number of hydrogen-bond acceptors (Lipinski definition) is 5. The van der Waals surface area contributed by atoms with E-state index < -0.39 is 6.10 Å². The van der Waals surface area contributed by atoms with E-state index in [-0.39, 0.29) is 17.7 Å². The van der Waals surface area contributed by atoms with E-state index in [4.69, 9.17) is 4.74 Å². The molecule has 3 rings (SSSR count). The molecule has 1 aliphatic heterocycles. The second-order valence-electron chi connectivity index (χ2n) is 5.88. The summed E-state index contributed by atoms with van der Waals surface area (Å²) in [5, 5.41) is 1.90. The van der Waals surface area contributed by atoms with Crippen LogP contribution in [-0.4, -0.2) is 40.3 Å². The molecule has 0 bridgehead atoms. The highest BCUT2D eigenvalue weighted by atomic mass is 32.1. The fourth-order valence-corrected chi connectivity index (χ4v) is 3.67. The Morgan fingerprint density at radius 3 is 3.00 bits per heavy atom. The molecule has 2 aromatic rings. The summed E-state index contributed by atoms with van der Waals surface area (Å²) >= 11 is 1.45. The highest BCUT2D eigenvalue weighted by Crippen LogP contribution is 2.24. The number of nitrogens with zero attached hydrogens (tertiary/aromatic N) is 2. The Hall–Kier alpha value is -2.21. The smallest absolute Gasteiger partial charge is 0.263 e. The molecule has 3 heterocycles. The number of aromatic nitrogens is 1. The molecule has 24 heavy (non-hydrogen) atoms. The Morgan fingerprint density at radius 1 is 1.42 bits per heavy atom. The highest BCUT2D eigenvalue weighted by Gasteiger charge is 2.33. The predicted molar refractivity (Wildman–Crippen MR) is 92.3 cm³/mol. The Kier molecular flexibility index (Phi) is 5.25. The minimum atomic E-state index is -0.591. The van der Waals surface area contributed by atoms with E-state index in [9.17, 15) is 9.59 Å². The van der Waals surface area contributed by atoms with Gasteiger partial charge in [-0.1, -0.05) is 6.07 Å². The number of ketones is 1. The van der Waals surface area contributed by atoms with Crippen molar-refractivity contribution in [3.05, 3.63) is 46.9 Å². The zero-order valence-electron chi connectivity index (χ0n) is 13.6. The van der Waals surface area contributed by atoms with Gasteiger partial charge in [-0.3, -0.25) is 14.6 Å². The summed E-state index contributed by atoms with van der Waals surface area (Å²) in [4.78, 5) is 31.6. The van der Waals surface area contributed by atoms with Crippen LogP contribution in [0.1, 0.15) is 35.9 Å². The largest absolute Gasteiger partial charge is 0.479 e. The van der Waals surface area contributed by atoms with E-state index in [0.29, 0.717) is 18.7 Å². The molecule has 0 unspecified atom stereocenters. The van der Waals surface area contributed by atoms with Gasteiger partial charge in [-0.25, -0.2) is 0 Å². The number of pyridine rings is 1. The van der Waals surface area contributed by atoms with Crippen LogP contribution in [0, 0.1) is 0 Å². The quantitative estimate of drug-likeness (QED) is 0.755. The zero-order valence-corrected chi connectivity index (χ0v) is 14.4. The first-order valence-electron chi connectivity index (χ1n) is 8.09. The van der Waals surface area contributed by atoms with Crippen molar-refractivity contribution in [1.82, 2.24) is 9.88 Å². The Balaban J connectivity index is 1.61. The molecule has 0 radical (unpaired) electrons. The molecule has 2 atom stereocenters. The summed E-state index contributed by atoms with van der Waals surface area (Å²) < 4.78 is 5.68. The summed E-state index contributed by atoms with van der Waals surface area (Å²) in [6.45, 7) is 2.42. The fourth-order valence-electron chi connectivity index (χ4n) is 2.99. The van der Waals surface area contributed by atoms with E-state index in [2.05, 4.69) is 4.98 Å². The first-order valence-corrected chi connectivity index (χ1v) is 8.97. The van der Waals surface area contributed by atoms with Crippen LogP contribution in [0.2, 0.25) is 0 Å². The number of Topliss-reactive ketones (excluding diaryl/α,β-unsaturated/α-hetero) is 1. The summed E-state index contributed by atoms with van der Waals surface area (Å²) in [7, 11) is 0. The predicted octanol–water partition coefficient (Wildman–Crippen LogP) is 3.17. The summed E-state index contributed by atoms with van der Waals surface area (Å²) in [5.74, 6) is 0.611. The van der Waals surface area contributed by atoms with Crippen LogP contribution in [0.3, 0.4) is 0 Å². The maximum Gasteiger partial charge on any atom is 0.263 e. The molecule has 1 aliphatic rings. The van der Waals surface area contributed by atoms with Gasteiger partial charge < -0.3 is 9.64 Å². The van der Waals surface area contributed by atoms with Crippen molar-refractivity contribution < 1.29 is 14.3 Å². The number of likely N-dealkylation sites (tertiary alicyclic amines) is 1. The van der Waals surface area contributed by atoms with Crippen LogP contribution < -0.4 is 4.74 Å². The SMILES string of the molecule is C[C@@H](Oc1cccnc1)C(=O)N1CCC[C@@H]1CC(=O)c1cccs1. The summed E-state index contributed by atoms with van der Waals surface area (Å²) in [5.41, 5.74) is 0. The van der Waals surface area contributed by atoms with Gasteiger partial charge in [0, 0.05) is 25.2 Å². The molecule has 0 N–H and O–H groups in total. The number of ether oxygens (including phenoxy) is 1. The van der Waals surface area contributed by atoms with Crippen molar-refractivity contribution in [2.45, 2.75) is 38.3 Å². The molecule has 1 fully saturated rings. The zero-order chi connectivity index (χ0) is 16.9. The fraction of sp³-hybridized carbons (Fsp3) is 0.389. The molecule has 0 aliphatic carbocycles. The van der Waals surface area contributed by atoms with Gasteiger partial charge in [-0.05, 0) is 43.3 Å². The number of hydrogen-bond donors (Lipinski definition) is 0. The molecule has 0 aromatic carbocycles. The van der Waals surface area contributed by atoms with E-state index in [1.807, 2.05) is 17.5 Å². The Labute approximate surface area is 145 Å². The number of rotatable bonds is 6. The number of amides is 1. The van der Waals surface area contributed by atoms with E-state index in [1.165, 1.54) is 11.3 Å². The Morgan fingerprint density at radius 2 is 2.29 bits per heavy atom. The lowest BCUT2D eigenvalue weighted by Crippen LogP contribution is -2.43. The van der Waals surface area contributed by atoms with Crippen molar-refractivity contribution in [2.75, 3.05) is 6.54 Å². The summed E-state index contributed by atoms with van der Waals surface area (Å²) in [6, 6.07) is 7.22. The van der Waals surface area contributed by atoms with E-state index in [0.717, 1.165) is 17.7 Å². The van der Waals surface area contributed by atoms with Crippen molar-refractivity contribution in [3.8, 4) is 5.75 Å². The lowest BCUT2D eigenvalue weighted by molar-refractivity contribution is -0.138. The molecular weight excluding hydrogens is 324 g/mol. The minimum absolute atomic E-state index is 0.0351. The molecule has 0 saturated carbocycles. The van der Waals surface area contributed by atoms with Crippen molar-refractivity contribution in [2.24, 2.45) is 0 Å². The first kappa shape index (κ1) is 16.6. The van der Waals surface area contributed by atoms with Crippen LogP contribution in [0.5, 0.6) is 5.75 Å². The van der Waals surface area contributed by atoms with E-state index in [1.54, 1.807) is 36.4 Å². The van der Waals surface area contributed by atoms with Gasteiger partial charge in [0.1, 0.15) is 5.75 Å². The van der Waals surface area contributed by atoms with Gasteiger partial charge in [-0.15, -0.1) is 11.3 Å². The second-order valence-corrected chi connectivity index (χ2v) is 6.83. The van der Waals surface area contributed by atoms with Crippen LogP contribution >= 0.6 is 11.3 Å². The summed E-state index contributed by atoms with van der Waals surface area (Å²) in [6.07, 6.45) is 4.83.